The molecule has 0 bridgehead atoms. The first-order valence-electron chi connectivity index (χ1n) is 19.0. The molecule has 7 aromatic rings. The van der Waals surface area contributed by atoms with E-state index in [4.69, 9.17) is 0 Å². The Morgan fingerprint density at radius 2 is 0.611 bits per heavy atom. The predicted molar refractivity (Wildman–Crippen MR) is 233 cm³/mol. The van der Waals surface area contributed by atoms with Gasteiger partial charge in [0.25, 0.3) is 0 Å². The first-order chi connectivity index (χ1) is 26.2. The predicted octanol–water partition coefficient (Wildman–Crippen LogP) is 14.4. The van der Waals surface area contributed by atoms with Gasteiger partial charge in [0, 0.05) is 34.1 Å². The highest BCUT2D eigenvalue weighted by Gasteiger charge is 2.15. The molecule has 0 amide bonds. The van der Waals surface area contributed by atoms with Crippen molar-refractivity contribution in [2.45, 2.75) is 54.4 Å². The molecule has 0 aliphatic rings. The van der Waals surface area contributed by atoms with Crippen molar-refractivity contribution in [2.75, 3.05) is 9.80 Å². The molecule has 2 heteroatoms. The monoisotopic (exact) mass is 702 g/mol. The second-order valence-corrected chi connectivity index (χ2v) is 14.7. The van der Waals surface area contributed by atoms with Crippen molar-refractivity contribution in [1.82, 2.24) is 0 Å². The molecule has 0 unspecified atom stereocenters. The summed E-state index contributed by atoms with van der Waals surface area (Å²) in [5.41, 5.74) is 19.8. The van der Waals surface area contributed by atoms with Crippen LogP contribution in [0.15, 0.2) is 158 Å². The van der Waals surface area contributed by atoms with Crippen LogP contribution in [0.3, 0.4) is 0 Å². The Hall–Kier alpha value is -6.12. The summed E-state index contributed by atoms with van der Waals surface area (Å²) in [5.74, 6) is 0. The van der Waals surface area contributed by atoms with Crippen molar-refractivity contribution in [2.24, 2.45) is 0 Å². The average Bonchev–Trinajstić information content (AvgIpc) is 3.19. The topological polar surface area (TPSA) is 6.48 Å². The molecular formula is C52H50N2. The number of anilines is 6. The SMILES string of the molecule is Cc1ccc(N(c2ccc(C=Cc3ccc(CCc4ccc(N(c5ccc(C)cc5)c5ccc(C)c(C)c5)cc4)cc3)cc2)c2ccc(C)c(C)c2)cc1. The van der Waals surface area contributed by atoms with Gasteiger partial charge in [0.2, 0.25) is 0 Å². The van der Waals surface area contributed by atoms with Crippen LogP contribution in [-0.4, -0.2) is 0 Å². The zero-order chi connectivity index (χ0) is 37.6. The molecular weight excluding hydrogens is 653 g/mol. The van der Waals surface area contributed by atoms with Crippen molar-refractivity contribution >= 4 is 46.3 Å². The largest absolute Gasteiger partial charge is 0.310 e. The number of benzene rings is 7. The Balaban J connectivity index is 1.00. The van der Waals surface area contributed by atoms with Crippen LogP contribution in [0.5, 0.6) is 0 Å². The molecule has 0 saturated carbocycles. The van der Waals surface area contributed by atoms with Crippen molar-refractivity contribution in [3.05, 3.63) is 213 Å². The van der Waals surface area contributed by atoms with E-state index in [1.54, 1.807) is 0 Å². The summed E-state index contributed by atoms with van der Waals surface area (Å²) in [4.78, 5) is 4.68. The summed E-state index contributed by atoms with van der Waals surface area (Å²) in [5, 5.41) is 0. The van der Waals surface area contributed by atoms with E-state index in [2.05, 4.69) is 221 Å². The molecule has 0 saturated heterocycles. The molecule has 0 aromatic heterocycles. The maximum Gasteiger partial charge on any atom is 0.0464 e. The summed E-state index contributed by atoms with van der Waals surface area (Å²) in [6.45, 7) is 13.0. The van der Waals surface area contributed by atoms with Gasteiger partial charge in [-0.2, -0.15) is 0 Å². The lowest BCUT2D eigenvalue weighted by Crippen LogP contribution is -2.10. The minimum atomic E-state index is 0.998. The fourth-order valence-electron chi connectivity index (χ4n) is 6.83. The smallest absolute Gasteiger partial charge is 0.0464 e. The van der Waals surface area contributed by atoms with E-state index in [1.165, 1.54) is 78.4 Å². The number of hydrogen-bond acceptors (Lipinski definition) is 2. The molecule has 2 nitrogen and oxygen atoms in total. The van der Waals surface area contributed by atoms with E-state index in [0.29, 0.717) is 0 Å². The highest BCUT2D eigenvalue weighted by molar-refractivity contribution is 5.79. The fourth-order valence-corrected chi connectivity index (χ4v) is 6.83. The lowest BCUT2D eigenvalue weighted by atomic mass is 10.0. The molecule has 0 fully saturated rings. The molecule has 7 aromatic carbocycles. The zero-order valence-electron chi connectivity index (χ0n) is 32.5. The molecule has 0 radical (unpaired) electrons. The third kappa shape index (κ3) is 8.56. The van der Waals surface area contributed by atoms with Crippen LogP contribution >= 0.6 is 0 Å². The maximum atomic E-state index is 2.35. The third-order valence-corrected chi connectivity index (χ3v) is 10.6. The Bertz CT molecular complexity index is 2350. The summed E-state index contributed by atoms with van der Waals surface area (Å²) in [6, 6.07) is 57.9. The van der Waals surface area contributed by atoms with Gasteiger partial charge in [-0.05, 0) is 172 Å². The molecule has 0 N–H and O–H groups in total. The number of nitrogens with zero attached hydrogens (tertiary/aromatic N) is 2. The summed E-state index contributed by atoms with van der Waals surface area (Å²) in [7, 11) is 0. The van der Waals surface area contributed by atoms with E-state index in [1.807, 2.05) is 0 Å². The minimum Gasteiger partial charge on any atom is -0.310 e. The Kier molecular flexibility index (Phi) is 10.9. The van der Waals surface area contributed by atoms with Crippen LogP contribution in [-0.2, 0) is 12.8 Å². The van der Waals surface area contributed by atoms with Gasteiger partial charge >= 0.3 is 0 Å². The number of hydrogen-bond donors (Lipinski definition) is 0. The Morgan fingerprint density at radius 3 is 0.981 bits per heavy atom. The lowest BCUT2D eigenvalue weighted by Gasteiger charge is -2.26. The molecule has 0 aliphatic carbocycles. The van der Waals surface area contributed by atoms with Crippen LogP contribution in [0, 0.1) is 41.5 Å². The van der Waals surface area contributed by atoms with Crippen LogP contribution in [0.2, 0.25) is 0 Å². The first-order valence-corrected chi connectivity index (χ1v) is 19.0. The van der Waals surface area contributed by atoms with Gasteiger partial charge < -0.3 is 9.80 Å². The van der Waals surface area contributed by atoms with Crippen LogP contribution < -0.4 is 9.80 Å². The molecule has 0 aliphatic heterocycles. The van der Waals surface area contributed by atoms with E-state index >= 15 is 0 Å². The number of rotatable bonds is 11. The van der Waals surface area contributed by atoms with E-state index < -0.39 is 0 Å². The fraction of sp³-hybridized carbons (Fsp3) is 0.154. The lowest BCUT2D eigenvalue weighted by molar-refractivity contribution is 0.960. The van der Waals surface area contributed by atoms with E-state index in [-0.39, 0.29) is 0 Å². The third-order valence-electron chi connectivity index (χ3n) is 10.6. The molecule has 54 heavy (non-hydrogen) atoms. The van der Waals surface area contributed by atoms with Gasteiger partial charge in [-0.3, -0.25) is 0 Å². The standard InChI is InChI=1S/C52H50N2/c1-37-7-25-47(26-8-37)53(51-29-11-39(3)41(5)35-51)49-31-21-45(22-32-49)19-17-43-13-15-44(16-14-43)18-20-46-23-33-50(34-24-46)54(48-27-9-38(2)10-28-48)52-30-12-40(4)42(6)36-52/h7-17,19,21-36H,18,20H2,1-6H3. The van der Waals surface area contributed by atoms with Crippen LogP contribution in [0.25, 0.3) is 12.2 Å². The normalized spacial score (nSPS) is 11.2. The first kappa shape index (κ1) is 36.2. The molecule has 7 rings (SSSR count). The van der Waals surface area contributed by atoms with Crippen molar-refractivity contribution in [3.63, 3.8) is 0 Å². The Labute approximate surface area is 322 Å². The van der Waals surface area contributed by atoms with Gasteiger partial charge in [0.1, 0.15) is 0 Å². The molecule has 0 atom stereocenters. The minimum absolute atomic E-state index is 0.998. The Morgan fingerprint density at radius 1 is 0.315 bits per heavy atom. The van der Waals surface area contributed by atoms with Gasteiger partial charge in [-0.1, -0.05) is 108 Å². The van der Waals surface area contributed by atoms with Crippen LogP contribution in [0.4, 0.5) is 34.1 Å². The average molecular weight is 703 g/mol. The van der Waals surface area contributed by atoms with Gasteiger partial charge in [0.15, 0.2) is 0 Å². The summed E-state index contributed by atoms with van der Waals surface area (Å²) >= 11 is 0. The number of aryl methyl sites for hydroxylation is 8. The van der Waals surface area contributed by atoms with Gasteiger partial charge in [-0.15, -0.1) is 0 Å². The molecule has 268 valence electrons. The molecule has 0 spiro atoms. The van der Waals surface area contributed by atoms with Gasteiger partial charge in [-0.25, -0.2) is 0 Å². The van der Waals surface area contributed by atoms with E-state index in [0.717, 1.165) is 24.2 Å². The van der Waals surface area contributed by atoms with Crippen molar-refractivity contribution < 1.29 is 0 Å². The zero-order valence-corrected chi connectivity index (χ0v) is 32.5. The summed E-state index contributed by atoms with van der Waals surface area (Å²) in [6.07, 6.45) is 6.40. The second-order valence-electron chi connectivity index (χ2n) is 14.7. The quantitative estimate of drug-likeness (QED) is 0.124. The maximum absolute atomic E-state index is 2.35. The second kappa shape index (κ2) is 16.3. The van der Waals surface area contributed by atoms with E-state index in [9.17, 15) is 0 Å². The van der Waals surface area contributed by atoms with Crippen molar-refractivity contribution in [1.29, 1.82) is 0 Å². The van der Waals surface area contributed by atoms with Crippen LogP contribution in [0.1, 0.15) is 55.6 Å². The van der Waals surface area contributed by atoms with Crippen molar-refractivity contribution in [3.8, 4) is 0 Å². The highest BCUT2D eigenvalue weighted by atomic mass is 15.1. The molecule has 0 heterocycles. The summed E-state index contributed by atoms with van der Waals surface area (Å²) < 4.78 is 0. The highest BCUT2D eigenvalue weighted by Crippen LogP contribution is 2.37. The van der Waals surface area contributed by atoms with Gasteiger partial charge in [0.05, 0.1) is 0 Å².